The van der Waals surface area contributed by atoms with Gasteiger partial charge in [-0.15, -0.1) is 22.7 Å². The van der Waals surface area contributed by atoms with E-state index in [2.05, 4.69) is 255 Å². The van der Waals surface area contributed by atoms with Crippen LogP contribution in [0.25, 0.3) is 19.9 Å². The topological polar surface area (TPSA) is 69.4 Å². The van der Waals surface area contributed by atoms with Gasteiger partial charge in [0.2, 0.25) is 0 Å². The van der Waals surface area contributed by atoms with E-state index in [0.29, 0.717) is 0 Å². The van der Waals surface area contributed by atoms with Crippen LogP contribution in [0, 0.1) is 55.4 Å². The fourth-order valence-corrected chi connectivity index (χ4v) is 9.82. The van der Waals surface area contributed by atoms with E-state index in [4.69, 9.17) is 19.9 Å². The molecule has 4 aromatic rings. The number of hydrogen-bond acceptors (Lipinski definition) is 4. The summed E-state index contributed by atoms with van der Waals surface area (Å²) in [5, 5.41) is 0. The van der Waals surface area contributed by atoms with Gasteiger partial charge in [-0.25, -0.2) is 0 Å². The average Bonchev–Trinajstić information content (AvgIpc) is 3.12. The molecule has 62 heavy (non-hydrogen) atoms. The average molecular weight is 1020 g/mol. The van der Waals surface area contributed by atoms with Gasteiger partial charge in [-0.05, 0) is 112 Å². The summed E-state index contributed by atoms with van der Waals surface area (Å²) in [4.78, 5) is 19.8. The summed E-state index contributed by atoms with van der Waals surface area (Å²) >= 11 is 0. The largest absolute Gasteiger partial charge is 2.00 e. The first-order valence-electron chi connectivity index (χ1n) is 21.2. The molecule has 0 unspecified atom stereocenters. The molecule has 0 saturated carbocycles. The van der Waals surface area contributed by atoms with E-state index in [1.165, 1.54) is 67.3 Å². The Labute approximate surface area is 412 Å². The van der Waals surface area contributed by atoms with Crippen LogP contribution < -0.4 is 0 Å². The Morgan fingerprint density at radius 3 is 0.484 bits per heavy atom. The van der Waals surface area contributed by atoms with Crippen LogP contribution in [0.2, 0.25) is 52.4 Å². The van der Waals surface area contributed by atoms with Crippen molar-refractivity contribution in [1.82, 2.24) is 18.3 Å². The van der Waals surface area contributed by atoms with E-state index in [1.807, 2.05) is 0 Å². The Bertz CT molecular complexity index is 1590. The predicted molar refractivity (Wildman–Crippen MR) is 280 cm³/mol. The minimum absolute atomic E-state index is 0. The standard InChI is InChI=1S/4C12H21N2Si.2Zn/c4*1-10-8-7-9-11(2)12(10)13-15(5,6)14(3)4;;/h4*7-9H,1-6H3;;/q4*-1;2*+2. The number of hydrogen-bond donors (Lipinski definition) is 0. The number of aryl methyl sites for hydroxylation is 8. The van der Waals surface area contributed by atoms with Crippen LogP contribution in [0.5, 0.6) is 0 Å². The third-order valence-electron chi connectivity index (χ3n) is 11.7. The molecule has 0 bridgehead atoms. The normalized spacial score (nSPS) is 11.5. The van der Waals surface area contributed by atoms with Crippen LogP contribution in [0.1, 0.15) is 44.5 Å². The Morgan fingerprint density at radius 1 is 0.274 bits per heavy atom. The van der Waals surface area contributed by atoms with E-state index >= 15 is 0 Å². The summed E-state index contributed by atoms with van der Waals surface area (Å²) in [5.41, 5.74) is 14.9. The minimum Gasteiger partial charge on any atom is -0.675 e. The molecule has 0 aliphatic rings. The summed E-state index contributed by atoms with van der Waals surface area (Å²) in [7, 11) is 10.4. The van der Waals surface area contributed by atoms with Crippen LogP contribution in [0.4, 0.5) is 22.7 Å². The number of benzene rings is 4. The smallest absolute Gasteiger partial charge is 0.675 e. The molecule has 4 rings (SSSR count). The minimum atomic E-state index is -1.63. The van der Waals surface area contributed by atoms with Crippen molar-refractivity contribution in [3.8, 4) is 0 Å². The van der Waals surface area contributed by atoms with Gasteiger partial charge in [0.1, 0.15) is 0 Å². The first-order chi connectivity index (χ1) is 27.4. The van der Waals surface area contributed by atoms with Gasteiger partial charge < -0.3 is 38.2 Å². The van der Waals surface area contributed by atoms with Crippen molar-refractivity contribution in [1.29, 1.82) is 0 Å². The molecule has 0 aliphatic carbocycles. The van der Waals surface area contributed by atoms with Gasteiger partial charge in [-0.1, -0.05) is 170 Å². The molecule has 14 heteroatoms. The molecular formula is C48H84N8Si4Zn2. The third-order valence-corrected chi connectivity index (χ3v) is 23.5. The molecular weight excluding hydrogens is 932 g/mol. The van der Waals surface area contributed by atoms with Crippen molar-refractivity contribution in [2.75, 3.05) is 56.4 Å². The van der Waals surface area contributed by atoms with E-state index < -0.39 is 33.6 Å². The maximum Gasteiger partial charge on any atom is 2.00 e. The van der Waals surface area contributed by atoms with Crippen LogP contribution in [0.15, 0.2) is 72.8 Å². The molecule has 0 amide bonds. The molecule has 0 atom stereocenters. The Balaban J connectivity index is 0. The molecule has 8 nitrogen and oxygen atoms in total. The maximum atomic E-state index is 4.95. The quantitative estimate of drug-likeness (QED) is 0.133. The van der Waals surface area contributed by atoms with Crippen molar-refractivity contribution >= 4 is 56.3 Å². The second-order valence-corrected chi connectivity index (χ2v) is 35.4. The van der Waals surface area contributed by atoms with Gasteiger partial charge in [-0.3, -0.25) is 0 Å². The van der Waals surface area contributed by atoms with Crippen molar-refractivity contribution in [2.45, 2.75) is 108 Å². The molecule has 0 saturated heterocycles. The monoisotopic (exact) mass is 1010 g/mol. The summed E-state index contributed by atoms with van der Waals surface area (Å²) in [6.07, 6.45) is 0. The van der Waals surface area contributed by atoms with Crippen molar-refractivity contribution in [3.63, 3.8) is 0 Å². The summed E-state index contributed by atoms with van der Waals surface area (Å²) < 4.78 is 9.05. The SMILES string of the molecule is Cc1cccc(C)c1[N-][Si](C)(C)N(C)C.Cc1cccc(C)c1[N-][Si](C)(C)N(C)C.Cc1cccc(C)c1[N-][Si](C)(C)N(C)C.Cc1cccc(C)c1[N-][Si](C)(C)N(C)C.[Zn+2].[Zn+2]. The maximum absolute atomic E-state index is 4.95. The fourth-order valence-electron chi connectivity index (χ4n) is 5.42. The van der Waals surface area contributed by atoms with Gasteiger partial charge in [0, 0.05) is 33.6 Å². The van der Waals surface area contributed by atoms with Crippen LogP contribution in [-0.4, -0.2) is 108 Å². The van der Waals surface area contributed by atoms with Crippen LogP contribution in [-0.2, 0) is 39.0 Å². The second kappa shape index (κ2) is 26.9. The summed E-state index contributed by atoms with van der Waals surface area (Å²) in [6.45, 7) is 35.1. The van der Waals surface area contributed by atoms with Gasteiger partial charge in [0.25, 0.3) is 0 Å². The Kier molecular flexibility index (Phi) is 26.9. The molecule has 0 aromatic heterocycles. The number of nitrogens with zero attached hydrogens (tertiary/aromatic N) is 8. The molecule has 0 radical (unpaired) electrons. The van der Waals surface area contributed by atoms with E-state index in [0.717, 1.165) is 0 Å². The third kappa shape index (κ3) is 19.6. The second-order valence-electron chi connectivity index (χ2n) is 19.0. The van der Waals surface area contributed by atoms with Crippen molar-refractivity contribution in [2.24, 2.45) is 0 Å². The molecule has 336 valence electrons. The van der Waals surface area contributed by atoms with Crippen molar-refractivity contribution < 1.29 is 39.0 Å². The van der Waals surface area contributed by atoms with Crippen LogP contribution in [0.3, 0.4) is 0 Å². The van der Waals surface area contributed by atoms with E-state index in [9.17, 15) is 0 Å². The van der Waals surface area contributed by atoms with Gasteiger partial charge in [0.05, 0.1) is 0 Å². The zero-order valence-corrected chi connectivity index (χ0v) is 53.9. The zero-order valence-electron chi connectivity index (χ0n) is 43.9. The molecule has 0 aliphatic heterocycles. The molecule has 0 N–H and O–H groups in total. The fraction of sp³-hybridized carbons (Fsp3) is 0.500. The van der Waals surface area contributed by atoms with Gasteiger partial charge in [-0.2, -0.15) is 0 Å². The Hall–Kier alpha value is -1.97. The molecule has 0 fully saturated rings. The van der Waals surface area contributed by atoms with Crippen LogP contribution >= 0.6 is 0 Å². The number of rotatable bonds is 12. The molecule has 0 spiro atoms. The zero-order chi connectivity index (χ0) is 46.6. The molecule has 0 heterocycles. The molecule has 4 aromatic carbocycles. The summed E-state index contributed by atoms with van der Waals surface area (Å²) in [5.74, 6) is 0. The first kappa shape index (κ1) is 62.1. The predicted octanol–water partition coefficient (Wildman–Crippen LogP) is 14.3. The Morgan fingerprint density at radius 2 is 0.387 bits per heavy atom. The van der Waals surface area contributed by atoms with Gasteiger partial charge in [0.15, 0.2) is 0 Å². The van der Waals surface area contributed by atoms with Crippen molar-refractivity contribution in [3.05, 3.63) is 137 Å². The van der Waals surface area contributed by atoms with E-state index in [1.54, 1.807) is 0 Å². The van der Waals surface area contributed by atoms with Gasteiger partial charge >= 0.3 is 39.0 Å². The first-order valence-corrected chi connectivity index (χ1v) is 32.8. The van der Waals surface area contributed by atoms with E-state index in [-0.39, 0.29) is 39.0 Å². The summed E-state index contributed by atoms with van der Waals surface area (Å²) in [6, 6.07) is 25.4.